The molecular formula is C17H12N6O3S. The number of benzene rings is 2. The molecule has 2 heterocycles. The molecule has 4 aromatic rings. The number of aromatic nitrogens is 5. The van der Waals surface area contributed by atoms with Crippen molar-refractivity contribution in [2.45, 2.75) is 10.9 Å². The molecule has 0 atom stereocenters. The Balaban J connectivity index is 1.41. The van der Waals surface area contributed by atoms with Gasteiger partial charge in [0.15, 0.2) is 0 Å². The van der Waals surface area contributed by atoms with Crippen molar-refractivity contribution >= 4 is 17.4 Å². The van der Waals surface area contributed by atoms with Gasteiger partial charge in [0.2, 0.25) is 16.9 Å². The first-order valence-corrected chi connectivity index (χ1v) is 8.85. The summed E-state index contributed by atoms with van der Waals surface area (Å²) in [5, 5.41) is 19.6. The molecule has 0 saturated carbocycles. The molecule has 0 spiro atoms. The maximum atomic E-state index is 10.7. The molecule has 2 aromatic carbocycles. The van der Waals surface area contributed by atoms with E-state index in [1.807, 2.05) is 30.3 Å². The fourth-order valence-corrected chi connectivity index (χ4v) is 2.95. The van der Waals surface area contributed by atoms with E-state index in [1.165, 1.54) is 23.9 Å². The Morgan fingerprint density at radius 2 is 1.89 bits per heavy atom. The highest BCUT2D eigenvalue weighted by atomic mass is 32.2. The number of hydrogen-bond donors (Lipinski definition) is 0. The average molecular weight is 380 g/mol. The number of non-ortho nitro benzene ring substituents is 1. The number of nitro groups is 1. The Labute approximate surface area is 157 Å². The van der Waals surface area contributed by atoms with E-state index in [4.69, 9.17) is 4.52 Å². The molecule has 10 heteroatoms. The Bertz CT molecular complexity index is 1060. The normalized spacial score (nSPS) is 10.8. The van der Waals surface area contributed by atoms with E-state index in [-0.39, 0.29) is 5.69 Å². The van der Waals surface area contributed by atoms with Crippen molar-refractivity contribution < 1.29 is 9.45 Å². The van der Waals surface area contributed by atoms with E-state index in [0.29, 0.717) is 28.2 Å². The smallest absolute Gasteiger partial charge is 0.269 e. The van der Waals surface area contributed by atoms with Crippen molar-refractivity contribution in [3.8, 4) is 17.1 Å². The van der Waals surface area contributed by atoms with Gasteiger partial charge in [-0.2, -0.15) is 4.98 Å². The molecule has 0 aliphatic heterocycles. The standard InChI is InChI=1S/C17H12N6O3S/c24-23(25)14-8-6-12(7-9-14)16-19-15(26-21-16)10-27-17-18-11-22(20-17)13-4-2-1-3-5-13/h1-9,11H,10H2. The summed E-state index contributed by atoms with van der Waals surface area (Å²) < 4.78 is 6.92. The van der Waals surface area contributed by atoms with Crippen LogP contribution in [0, 0.1) is 10.1 Å². The van der Waals surface area contributed by atoms with E-state index in [2.05, 4.69) is 20.2 Å². The zero-order chi connectivity index (χ0) is 18.6. The van der Waals surface area contributed by atoms with Gasteiger partial charge in [-0.1, -0.05) is 35.1 Å². The molecule has 134 valence electrons. The van der Waals surface area contributed by atoms with Crippen molar-refractivity contribution in [3.63, 3.8) is 0 Å². The number of nitrogens with zero attached hydrogens (tertiary/aromatic N) is 6. The molecule has 9 nitrogen and oxygen atoms in total. The van der Waals surface area contributed by atoms with Gasteiger partial charge in [-0.15, -0.1) is 5.10 Å². The van der Waals surface area contributed by atoms with E-state index in [9.17, 15) is 10.1 Å². The summed E-state index contributed by atoms with van der Waals surface area (Å²) in [4.78, 5) is 18.8. The molecule has 2 aromatic heterocycles. The highest BCUT2D eigenvalue weighted by Crippen LogP contribution is 2.23. The summed E-state index contributed by atoms with van der Waals surface area (Å²) in [5.41, 5.74) is 1.58. The maximum absolute atomic E-state index is 10.7. The Kier molecular flexibility index (Phi) is 4.62. The molecule has 27 heavy (non-hydrogen) atoms. The lowest BCUT2D eigenvalue weighted by Gasteiger charge is -1.97. The number of hydrogen-bond acceptors (Lipinski definition) is 8. The fraction of sp³-hybridized carbons (Fsp3) is 0.0588. The van der Waals surface area contributed by atoms with Gasteiger partial charge in [0, 0.05) is 17.7 Å². The van der Waals surface area contributed by atoms with Crippen molar-refractivity contribution in [3.05, 3.63) is 76.9 Å². The number of para-hydroxylation sites is 1. The number of thioether (sulfide) groups is 1. The van der Waals surface area contributed by atoms with Gasteiger partial charge in [-0.3, -0.25) is 10.1 Å². The van der Waals surface area contributed by atoms with Crippen LogP contribution in [0.4, 0.5) is 5.69 Å². The maximum Gasteiger partial charge on any atom is 0.269 e. The number of rotatable bonds is 6. The summed E-state index contributed by atoms with van der Waals surface area (Å²) in [6.07, 6.45) is 1.65. The van der Waals surface area contributed by atoms with Crippen LogP contribution in [-0.2, 0) is 5.75 Å². The van der Waals surface area contributed by atoms with Gasteiger partial charge >= 0.3 is 0 Å². The van der Waals surface area contributed by atoms with Crippen LogP contribution < -0.4 is 0 Å². The summed E-state index contributed by atoms with van der Waals surface area (Å²) >= 11 is 1.38. The highest BCUT2D eigenvalue weighted by Gasteiger charge is 2.12. The largest absolute Gasteiger partial charge is 0.338 e. The molecular weight excluding hydrogens is 368 g/mol. The lowest BCUT2D eigenvalue weighted by atomic mass is 10.2. The molecule has 0 saturated heterocycles. The van der Waals surface area contributed by atoms with Gasteiger partial charge in [0.25, 0.3) is 5.69 Å². The van der Waals surface area contributed by atoms with Crippen molar-refractivity contribution in [2.24, 2.45) is 0 Å². The minimum atomic E-state index is -0.455. The first-order valence-electron chi connectivity index (χ1n) is 7.86. The van der Waals surface area contributed by atoms with Crippen LogP contribution in [0.3, 0.4) is 0 Å². The molecule has 0 unspecified atom stereocenters. The Morgan fingerprint density at radius 3 is 2.63 bits per heavy atom. The van der Waals surface area contributed by atoms with Gasteiger partial charge in [0.1, 0.15) is 6.33 Å². The lowest BCUT2D eigenvalue weighted by molar-refractivity contribution is -0.384. The SMILES string of the molecule is O=[N+]([O-])c1ccc(-c2noc(CSc3ncn(-c4ccccc4)n3)n2)cc1. The van der Waals surface area contributed by atoms with Gasteiger partial charge in [-0.05, 0) is 24.3 Å². The molecule has 0 aliphatic carbocycles. The molecule has 0 bridgehead atoms. The molecule has 0 radical (unpaired) electrons. The first-order chi connectivity index (χ1) is 13.2. The van der Waals surface area contributed by atoms with Crippen LogP contribution in [0.1, 0.15) is 5.89 Å². The second-order valence-corrected chi connectivity index (χ2v) is 6.35. The summed E-state index contributed by atoms with van der Waals surface area (Å²) in [7, 11) is 0. The minimum absolute atomic E-state index is 0.0121. The zero-order valence-electron chi connectivity index (χ0n) is 13.8. The predicted octanol–water partition coefficient (Wildman–Crippen LogP) is 3.52. The highest BCUT2D eigenvalue weighted by molar-refractivity contribution is 7.98. The van der Waals surface area contributed by atoms with Gasteiger partial charge < -0.3 is 4.52 Å². The third-order valence-corrected chi connectivity index (χ3v) is 4.46. The van der Waals surface area contributed by atoms with Crippen molar-refractivity contribution in [1.82, 2.24) is 24.9 Å². The lowest BCUT2D eigenvalue weighted by Crippen LogP contribution is -1.93. The summed E-state index contributed by atoms with van der Waals surface area (Å²) in [6.45, 7) is 0. The second kappa shape index (κ2) is 7.38. The predicted molar refractivity (Wildman–Crippen MR) is 97.3 cm³/mol. The fourth-order valence-electron chi connectivity index (χ4n) is 2.31. The van der Waals surface area contributed by atoms with Gasteiger partial charge in [0.05, 0.1) is 16.4 Å². The van der Waals surface area contributed by atoms with Crippen LogP contribution >= 0.6 is 11.8 Å². The third kappa shape index (κ3) is 3.85. The van der Waals surface area contributed by atoms with E-state index in [0.717, 1.165) is 5.69 Å². The van der Waals surface area contributed by atoms with Crippen molar-refractivity contribution in [1.29, 1.82) is 0 Å². The third-order valence-electron chi connectivity index (χ3n) is 3.62. The summed E-state index contributed by atoms with van der Waals surface area (Å²) in [6, 6.07) is 15.7. The number of nitro benzene ring substituents is 1. The average Bonchev–Trinajstić information content (AvgIpc) is 3.37. The molecule has 4 rings (SSSR count). The monoisotopic (exact) mass is 380 g/mol. The first kappa shape index (κ1) is 16.9. The van der Waals surface area contributed by atoms with E-state index < -0.39 is 4.92 Å². The van der Waals surface area contributed by atoms with Crippen LogP contribution in [0.5, 0.6) is 0 Å². The second-order valence-electron chi connectivity index (χ2n) is 5.41. The Hall–Kier alpha value is -3.53. The van der Waals surface area contributed by atoms with Crippen LogP contribution in [0.15, 0.2) is 70.6 Å². The molecule has 0 fully saturated rings. The van der Waals surface area contributed by atoms with Crippen LogP contribution in [-0.4, -0.2) is 29.8 Å². The molecule has 0 amide bonds. The quantitative estimate of drug-likeness (QED) is 0.284. The van der Waals surface area contributed by atoms with E-state index in [1.54, 1.807) is 23.1 Å². The van der Waals surface area contributed by atoms with Gasteiger partial charge in [-0.25, -0.2) is 9.67 Å². The van der Waals surface area contributed by atoms with Crippen LogP contribution in [0.25, 0.3) is 17.1 Å². The zero-order valence-corrected chi connectivity index (χ0v) is 14.6. The summed E-state index contributed by atoms with van der Waals surface area (Å²) in [5.74, 6) is 1.21. The minimum Gasteiger partial charge on any atom is -0.338 e. The van der Waals surface area contributed by atoms with E-state index >= 15 is 0 Å². The molecule has 0 N–H and O–H groups in total. The Morgan fingerprint density at radius 1 is 1.11 bits per heavy atom. The molecule has 0 aliphatic rings. The topological polar surface area (TPSA) is 113 Å². The van der Waals surface area contributed by atoms with Crippen molar-refractivity contribution in [2.75, 3.05) is 0 Å². The van der Waals surface area contributed by atoms with Crippen LogP contribution in [0.2, 0.25) is 0 Å².